The van der Waals surface area contributed by atoms with Crippen molar-refractivity contribution in [2.24, 2.45) is 5.41 Å². The molecule has 3 heterocycles. The summed E-state index contributed by atoms with van der Waals surface area (Å²) in [4.78, 5) is 15.4. The predicted molar refractivity (Wildman–Crippen MR) is 89.9 cm³/mol. The van der Waals surface area contributed by atoms with E-state index in [0.717, 1.165) is 43.2 Å². The van der Waals surface area contributed by atoms with Crippen molar-refractivity contribution in [2.75, 3.05) is 26.2 Å². The van der Waals surface area contributed by atoms with Gasteiger partial charge < -0.3 is 4.74 Å². The van der Waals surface area contributed by atoms with Crippen LogP contribution in [0.2, 0.25) is 0 Å². The monoisotopic (exact) mass is 312 g/mol. The van der Waals surface area contributed by atoms with Crippen LogP contribution >= 0.6 is 0 Å². The number of rotatable bonds is 3. The minimum atomic E-state index is 0.0238. The van der Waals surface area contributed by atoms with Gasteiger partial charge in [0.05, 0.1) is 18.0 Å². The van der Waals surface area contributed by atoms with Crippen LogP contribution in [0, 0.1) is 5.41 Å². The average molecular weight is 312 g/mol. The van der Waals surface area contributed by atoms with E-state index < -0.39 is 0 Å². The molecule has 1 fully saturated rings. The quantitative estimate of drug-likeness (QED) is 0.872. The number of morpholine rings is 1. The Balaban J connectivity index is 1.76. The Bertz CT molecular complexity index is 639. The predicted octanol–water partition coefficient (Wildman–Crippen LogP) is 2.96. The van der Waals surface area contributed by atoms with Crippen LogP contribution < -0.4 is 0 Å². The zero-order valence-electron chi connectivity index (χ0n) is 14.1. The van der Waals surface area contributed by atoms with E-state index in [0.29, 0.717) is 5.41 Å². The van der Waals surface area contributed by atoms with Gasteiger partial charge in [0.1, 0.15) is 12.4 Å². The highest BCUT2D eigenvalue weighted by Gasteiger charge is 2.26. The summed E-state index contributed by atoms with van der Waals surface area (Å²) in [7, 11) is 0. The molecule has 0 saturated carbocycles. The second-order valence-corrected chi connectivity index (χ2v) is 7.23. The van der Waals surface area contributed by atoms with Crippen LogP contribution in [-0.4, -0.2) is 46.1 Å². The summed E-state index contributed by atoms with van der Waals surface area (Å²) in [5.74, 6) is 0. The normalized spacial score (nSPS) is 19.7. The summed E-state index contributed by atoms with van der Waals surface area (Å²) < 4.78 is 5.96. The van der Waals surface area contributed by atoms with Gasteiger partial charge in [0.25, 0.3) is 0 Å². The molecule has 0 unspecified atom stereocenters. The van der Waals surface area contributed by atoms with Crippen molar-refractivity contribution in [1.82, 2.24) is 19.9 Å². The van der Waals surface area contributed by atoms with E-state index in [1.165, 1.54) is 6.33 Å². The van der Waals surface area contributed by atoms with Crippen molar-refractivity contribution in [1.29, 1.82) is 0 Å². The lowest BCUT2D eigenvalue weighted by atomic mass is 9.95. The first kappa shape index (κ1) is 16.0. The van der Waals surface area contributed by atoms with Gasteiger partial charge in [-0.15, -0.1) is 0 Å². The van der Waals surface area contributed by atoms with Crippen LogP contribution in [0.4, 0.5) is 0 Å². The highest BCUT2D eigenvalue weighted by molar-refractivity contribution is 5.56. The molecule has 0 aliphatic carbocycles. The topological polar surface area (TPSA) is 51.1 Å². The molecule has 23 heavy (non-hydrogen) atoms. The third kappa shape index (κ3) is 4.33. The lowest BCUT2D eigenvalue weighted by Crippen LogP contribution is -2.42. The number of ether oxygens (including phenoxy) is 1. The fourth-order valence-corrected chi connectivity index (χ4v) is 2.92. The summed E-state index contributed by atoms with van der Waals surface area (Å²) in [5.41, 5.74) is 3.08. The summed E-state index contributed by atoms with van der Waals surface area (Å²) in [6.07, 6.45) is 5.12. The molecule has 5 nitrogen and oxygen atoms in total. The Hall–Kier alpha value is -1.85. The summed E-state index contributed by atoms with van der Waals surface area (Å²) in [6, 6.07) is 6.05. The highest BCUT2D eigenvalue weighted by Crippen LogP contribution is 2.25. The number of hydrogen-bond donors (Lipinski definition) is 0. The second-order valence-electron chi connectivity index (χ2n) is 7.23. The van der Waals surface area contributed by atoms with Crippen molar-refractivity contribution >= 4 is 0 Å². The summed E-state index contributed by atoms with van der Waals surface area (Å²) >= 11 is 0. The average Bonchev–Trinajstić information content (AvgIpc) is 2.54. The first-order valence-corrected chi connectivity index (χ1v) is 8.07. The van der Waals surface area contributed by atoms with Gasteiger partial charge in [0, 0.05) is 37.6 Å². The molecule has 1 saturated heterocycles. The SMILES string of the molecule is CC(C)(C)CN1CCO[C@H](c2cccc(-c3cncnc3)n2)C1. The second kappa shape index (κ2) is 6.72. The molecule has 0 N–H and O–H groups in total. The van der Waals surface area contributed by atoms with Gasteiger partial charge >= 0.3 is 0 Å². The Morgan fingerprint density at radius 3 is 2.74 bits per heavy atom. The number of hydrogen-bond acceptors (Lipinski definition) is 5. The molecule has 5 heteroatoms. The Kier molecular flexibility index (Phi) is 4.68. The van der Waals surface area contributed by atoms with Gasteiger partial charge in [0.2, 0.25) is 0 Å². The number of nitrogens with zero attached hydrogens (tertiary/aromatic N) is 4. The Morgan fingerprint density at radius 2 is 2.00 bits per heavy atom. The van der Waals surface area contributed by atoms with Crippen molar-refractivity contribution in [3.63, 3.8) is 0 Å². The molecule has 0 amide bonds. The van der Waals surface area contributed by atoms with Crippen molar-refractivity contribution in [3.05, 3.63) is 42.6 Å². The zero-order chi connectivity index (χ0) is 16.3. The lowest BCUT2D eigenvalue weighted by Gasteiger charge is -2.36. The molecule has 0 bridgehead atoms. The van der Waals surface area contributed by atoms with Crippen LogP contribution in [0.15, 0.2) is 36.9 Å². The molecular weight excluding hydrogens is 288 g/mol. The number of pyridine rings is 1. The van der Waals surface area contributed by atoms with E-state index in [1.807, 2.05) is 18.2 Å². The third-order valence-corrected chi connectivity index (χ3v) is 3.81. The minimum absolute atomic E-state index is 0.0238. The third-order valence-electron chi connectivity index (χ3n) is 3.81. The van der Waals surface area contributed by atoms with Crippen LogP contribution in [0.5, 0.6) is 0 Å². The molecule has 0 radical (unpaired) electrons. The molecule has 1 aliphatic heterocycles. The molecule has 0 spiro atoms. The molecule has 122 valence electrons. The van der Waals surface area contributed by atoms with E-state index in [1.54, 1.807) is 12.4 Å². The molecule has 3 rings (SSSR count). The minimum Gasteiger partial charge on any atom is -0.369 e. The lowest BCUT2D eigenvalue weighted by molar-refractivity contribution is -0.0407. The van der Waals surface area contributed by atoms with E-state index in [9.17, 15) is 0 Å². The smallest absolute Gasteiger partial charge is 0.115 e. The Labute approximate surface area is 137 Å². The molecule has 2 aromatic heterocycles. The van der Waals surface area contributed by atoms with Crippen LogP contribution in [-0.2, 0) is 4.74 Å². The first-order valence-electron chi connectivity index (χ1n) is 8.07. The van der Waals surface area contributed by atoms with Gasteiger partial charge in [-0.2, -0.15) is 0 Å². The zero-order valence-corrected chi connectivity index (χ0v) is 14.1. The standard InChI is InChI=1S/C18H24N4O/c1-18(2,3)12-22-7-8-23-17(11-22)16-6-4-5-15(21-16)14-9-19-13-20-10-14/h4-6,9-10,13,17H,7-8,11-12H2,1-3H3/t17-/m0/s1. The van der Waals surface area contributed by atoms with E-state index in [-0.39, 0.29) is 6.10 Å². The van der Waals surface area contributed by atoms with Gasteiger partial charge in [-0.3, -0.25) is 4.90 Å². The molecular formula is C18H24N4O. The van der Waals surface area contributed by atoms with Crippen LogP contribution in [0.1, 0.15) is 32.6 Å². The first-order chi connectivity index (χ1) is 11.0. The van der Waals surface area contributed by atoms with Crippen molar-refractivity contribution in [3.8, 4) is 11.3 Å². The Morgan fingerprint density at radius 1 is 1.22 bits per heavy atom. The summed E-state index contributed by atoms with van der Waals surface area (Å²) in [5, 5.41) is 0. The van der Waals surface area contributed by atoms with Gasteiger partial charge in [-0.05, 0) is 17.5 Å². The van der Waals surface area contributed by atoms with Gasteiger partial charge in [-0.25, -0.2) is 15.0 Å². The molecule has 0 aromatic carbocycles. The van der Waals surface area contributed by atoms with E-state index >= 15 is 0 Å². The maximum atomic E-state index is 5.96. The highest BCUT2D eigenvalue weighted by atomic mass is 16.5. The fraction of sp³-hybridized carbons (Fsp3) is 0.500. The largest absolute Gasteiger partial charge is 0.369 e. The van der Waals surface area contributed by atoms with Crippen molar-refractivity contribution < 1.29 is 4.74 Å². The molecule has 1 aliphatic rings. The molecule has 2 aromatic rings. The van der Waals surface area contributed by atoms with Gasteiger partial charge in [0.15, 0.2) is 0 Å². The fourth-order valence-electron chi connectivity index (χ4n) is 2.92. The van der Waals surface area contributed by atoms with E-state index in [4.69, 9.17) is 9.72 Å². The number of aromatic nitrogens is 3. The maximum absolute atomic E-state index is 5.96. The maximum Gasteiger partial charge on any atom is 0.115 e. The van der Waals surface area contributed by atoms with Gasteiger partial charge in [-0.1, -0.05) is 26.8 Å². The van der Waals surface area contributed by atoms with Crippen LogP contribution in [0.25, 0.3) is 11.3 Å². The summed E-state index contributed by atoms with van der Waals surface area (Å²) in [6.45, 7) is 10.5. The van der Waals surface area contributed by atoms with Crippen molar-refractivity contribution in [2.45, 2.75) is 26.9 Å². The van der Waals surface area contributed by atoms with E-state index in [2.05, 4.69) is 35.6 Å². The molecule has 1 atom stereocenters. The van der Waals surface area contributed by atoms with Crippen LogP contribution in [0.3, 0.4) is 0 Å².